The number of ether oxygens (including phenoxy) is 1. The van der Waals surface area contributed by atoms with Crippen LogP contribution in [0.3, 0.4) is 0 Å². The topological polar surface area (TPSA) is 79.5 Å². The van der Waals surface area contributed by atoms with E-state index in [0.717, 1.165) is 32.1 Å². The van der Waals surface area contributed by atoms with Crippen molar-refractivity contribution >= 4 is 29.3 Å². The number of methoxy groups -OCH3 is 1. The molecule has 2 aromatic rings. The average molecular weight is 445 g/mol. The summed E-state index contributed by atoms with van der Waals surface area (Å²) in [6.07, 6.45) is 4.95. The van der Waals surface area contributed by atoms with Gasteiger partial charge >= 0.3 is 5.97 Å². The zero-order chi connectivity index (χ0) is 22.7. The van der Waals surface area contributed by atoms with Crippen LogP contribution in [-0.4, -0.2) is 46.7 Å². The van der Waals surface area contributed by atoms with Crippen LogP contribution in [0.5, 0.6) is 0 Å². The van der Waals surface area contributed by atoms with Gasteiger partial charge in [-0.1, -0.05) is 30.9 Å². The highest BCUT2D eigenvalue weighted by Crippen LogP contribution is 2.29. The lowest BCUT2D eigenvalue weighted by Gasteiger charge is -2.38. The molecule has 0 radical (unpaired) electrons. The number of H-pyrrole nitrogens is 1. The summed E-state index contributed by atoms with van der Waals surface area (Å²) >= 11 is 5.99. The number of nitrogens with zero attached hydrogens (tertiary/aromatic N) is 1. The van der Waals surface area contributed by atoms with Gasteiger partial charge in [0.2, 0.25) is 0 Å². The van der Waals surface area contributed by atoms with E-state index in [1.807, 2.05) is 0 Å². The van der Waals surface area contributed by atoms with Crippen molar-refractivity contribution in [2.24, 2.45) is 0 Å². The van der Waals surface area contributed by atoms with E-state index in [2.05, 4.69) is 4.98 Å². The van der Waals surface area contributed by atoms with Gasteiger partial charge in [-0.3, -0.25) is 9.59 Å². The number of aryl methyl sites for hydroxylation is 1. The second-order valence-electron chi connectivity index (χ2n) is 8.17. The maximum atomic E-state index is 13.6. The third-order valence-electron chi connectivity index (χ3n) is 6.16. The van der Waals surface area contributed by atoms with Crippen LogP contribution in [0.25, 0.3) is 0 Å². The van der Waals surface area contributed by atoms with Crippen LogP contribution >= 0.6 is 11.6 Å². The lowest BCUT2D eigenvalue weighted by Crippen LogP contribution is -2.50. The van der Waals surface area contributed by atoms with Crippen LogP contribution in [-0.2, 0) is 4.74 Å². The van der Waals surface area contributed by atoms with Gasteiger partial charge in [0.05, 0.1) is 13.2 Å². The van der Waals surface area contributed by atoms with E-state index in [0.29, 0.717) is 27.4 Å². The van der Waals surface area contributed by atoms with Gasteiger partial charge in [-0.2, -0.15) is 0 Å². The first kappa shape index (κ1) is 23.1. The Morgan fingerprint density at radius 3 is 2.29 bits per heavy atom. The first-order valence-corrected chi connectivity index (χ1v) is 11.0. The minimum Gasteiger partial charge on any atom is -0.464 e. The molecule has 1 heterocycles. The van der Waals surface area contributed by atoms with Crippen LogP contribution < -0.4 is 0 Å². The van der Waals surface area contributed by atoms with Crippen LogP contribution in [0.1, 0.15) is 81.5 Å². The minimum absolute atomic E-state index is 0.00416. The maximum absolute atomic E-state index is 13.6. The largest absolute Gasteiger partial charge is 0.464 e. The Kier molecular flexibility index (Phi) is 7.21. The van der Waals surface area contributed by atoms with Gasteiger partial charge in [-0.25, -0.2) is 4.79 Å². The molecule has 0 unspecified atom stereocenters. The number of esters is 1. The van der Waals surface area contributed by atoms with Crippen molar-refractivity contribution < 1.29 is 19.1 Å². The van der Waals surface area contributed by atoms with Crippen molar-refractivity contribution in [3.63, 3.8) is 0 Å². The Bertz CT molecular complexity index is 974. The molecule has 1 N–H and O–H groups in total. The molecule has 1 amide bonds. The number of aromatic nitrogens is 1. The quantitative estimate of drug-likeness (QED) is 0.495. The number of carbonyl (C=O) groups is 3. The number of benzene rings is 1. The van der Waals surface area contributed by atoms with Gasteiger partial charge in [0.25, 0.3) is 5.91 Å². The first-order chi connectivity index (χ1) is 14.8. The van der Waals surface area contributed by atoms with E-state index in [1.165, 1.54) is 7.11 Å². The molecule has 0 aliphatic heterocycles. The van der Waals surface area contributed by atoms with Crippen LogP contribution in [0, 0.1) is 13.8 Å². The Morgan fingerprint density at radius 1 is 1.10 bits per heavy atom. The number of carbonyl (C=O) groups excluding carboxylic acids is 3. The number of Topliss-reactive ketones (excluding diaryl/α,β-unsaturated/α-hetero) is 1. The van der Waals surface area contributed by atoms with Crippen molar-refractivity contribution in [2.75, 3.05) is 7.11 Å². The fraction of sp³-hybridized carbons (Fsp3) is 0.458. The number of rotatable bonds is 6. The number of ketones is 1. The first-order valence-electron chi connectivity index (χ1n) is 10.7. The van der Waals surface area contributed by atoms with Gasteiger partial charge in [0.1, 0.15) is 5.69 Å². The van der Waals surface area contributed by atoms with E-state index in [9.17, 15) is 14.4 Å². The lowest BCUT2D eigenvalue weighted by atomic mass is 9.90. The van der Waals surface area contributed by atoms with Crippen LogP contribution in [0.15, 0.2) is 24.3 Å². The number of amides is 1. The van der Waals surface area contributed by atoms with Crippen molar-refractivity contribution in [1.82, 2.24) is 9.88 Å². The molecule has 0 saturated heterocycles. The van der Waals surface area contributed by atoms with Crippen LogP contribution in [0.4, 0.5) is 0 Å². The van der Waals surface area contributed by atoms with Crippen LogP contribution in [0.2, 0.25) is 5.02 Å². The molecule has 1 aromatic heterocycles. The zero-order valence-corrected chi connectivity index (χ0v) is 19.2. The van der Waals surface area contributed by atoms with Crippen molar-refractivity contribution in [1.29, 1.82) is 0 Å². The number of halogens is 1. The molecule has 1 fully saturated rings. The summed E-state index contributed by atoms with van der Waals surface area (Å²) in [6.45, 7) is 5.25. The Balaban J connectivity index is 1.98. The highest BCUT2D eigenvalue weighted by Gasteiger charge is 2.36. The fourth-order valence-corrected chi connectivity index (χ4v) is 4.65. The average Bonchev–Trinajstić information content (AvgIpc) is 3.07. The molecule has 166 valence electrons. The molecule has 1 atom stereocenters. The maximum Gasteiger partial charge on any atom is 0.354 e. The molecule has 6 nitrogen and oxygen atoms in total. The standard InChI is InChI=1S/C24H29ClN2O4/c1-14-20(15(2)26-21(14)24(30)31-4)22(28)16(3)27(19-8-6-5-7-9-19)23(29)17-10-12-18(25)13-11-17/h10-13,16,19,26H,5-9H2,1-4H3/t16-/m1/s1. The van der Waals surface area contributed by atoms with E-state index < -0.39 is 12.0 Å². The number of nitrogens with one attached hydrogen (secondary N) is 1. The molecule has 1 aromatic carbocycles. The second kappa shape index (κ2) is 9.69. The predicted molar refractivity (Wildman–Crippen MR) is 120 cm³/mol. The van der Waals surface area contributed by atoms with E-state index >= 15 is 0 Å². The minimum atomic E-state index is -0.676. The van der Waals surface area contributed by atoms with Gasteiger partial charge in [0.15, 0.2) is 5.78 Å². The van der Waals surface area contributed by atoms with Gasteiger partial charge in [-0.15, -0.1) is 0 Å². The number of aromatic amines is 1. The smallest absolute Gasteiger partial charge is 0.354 e. The molecular formula is C24H29ClN2O4. The van der Waals surface area contributed by atoms with Gasteiger partial charge < -0.3 is 14.6 Å². The SMILES string of the molecule is COC(=O)c1[nH]c(C)c(C(=O)[C@@H](C)N(C(=O)c2ccc(Cl)cc2)C2CCCCC2)c1C. The van der Waals surface area contributed by atoms with E-state index in [1.54, 1.807) is 49.9 Å². The third kappa shape index (κ3) is 4.69. The summed E-state index contributed by atoms with van der Waals surface area (Å²) in [6, 6.07) is 6.08. The summed E-state index contributed by atoms with van der Waals surface area (Å²) in [4.78, 5) is 43.9. The summed E-state index contributed by atoms with van der Waals surface area (Å²) in [5, 5.41) is 0.554. The summed E-state index contributed by atoms with van der Waals surface area (Å²) in [7, 11) is 1.30. The van der Waals surface area contributed by atoms with E-state index in [4.69, 9.17) is 16.3 Å². The highest BCUT2D eigenvalue weighted by molar-refractivity contribution is 6.30. The van der Waals surface area contributed by atoms with Crippen molar-refractivity contribution in [3.05, 3.63) is 57.4 Å². The van der Waals surface area contributed by atoms with E-state index in [-0.39, 0.29) is 23.4 Å². The van der Waals surface area contributed by atoms with Gasteiger partial charge in [0, 0.05) is 27.9 Å². The highest BCUT2D eigenvalue weighted by atomic mass is 35.5. The van der Waals surface area contributed by atoms with Crippen molar-refractivity contribution in [2.45, 2.75) is 65.0 Å². The summed E-state index contributed by atoms with van der Waals surface area (Å²) < 4.78 is 4.82. The molecular weight excluding hydrogens is 416 g/mol. The Morgan fingerprint density at radius 2 is 1.71 bits per heavy atom. The molecule has 31 heavy (non-hydrogen) atoms. The summed E-state index contributed by atoms with van der Waals surface area (Å²) in [5.41, 5.74) is 2.36. The monoisotopic (exact) mass is 444 g/mol. The Labute approximate surface area is 187 Å². The normalized spacial score (nSPS) is 15.4. The fourth-order valence-electron chi connectivity index (χ4n) is 4.52. The molecule has 1 aliphatic carbocycles. The lowest BCUT2D eigenvalue weighted by molar-refractivity contribution is 0.0486. The molecule has 7 heteroatoms. The molecule has 1 aliphatic rings. The molecule has 1 saturated carbocycles. The Hall–Kier alpha value is -2.60. The third-order valence-corrected chi connectivity index (χ3v) is 6.42. The molecule has 3 rings (SSSR count). The predicted octanol–water partition coefficient (Wildman–Crippen LogP) is 5.12. The van der Waals surface area contributed by atoms with Gasteiger partial charge in [-0.05, 0) is 63.4 Å². The number of hydrogen-bond acceptors (Lipinski definition) is 4. The molecule has 0 spiro atoms. The number of hydrogen-bond donors (Lipinski definition) is 1. The zero-order valence-electron chi connectivity index (χ0n) is 18.5. The van der Waals surface area contributed by atoms with Crippen molar-refractivity contribution in [3.8, 4) is 0 Å². The summed E-state index contributed by atoms with van der Waals surface area (Å²) in [5.74, 6) is -0.883. The second-order valence-corrected chi connectivity index (χ2v) is 8.60. The molecule has 0 bridgehead atoms.